The fourth-order valence-electron chi connectivity index (χ4n) is 1.59. The number of hydrogen-bond donors (Lipinski definition) is 0. The molecule has 0 bridgehead atoms. The molecule has 0 aliphatic carbocycles. The van der Waals surface area contributed by atoms with Crippen molar-refractivity contribution < 1.29 is 4.74 Å². The molecular formula is C13H19N2OSi. The summed E-state index contributed by atoms with van der Waals surface area (Å²) in [5.41, 5.74) is 2.06. The summed E-state index contributed by atoms with van der Waals surface area (Å²) in [6, 6.07) is 9.22. The van der Waals surface area contributed by atoms with Crippen LogP contribution >= 0.6 is 0 Å². The van der Waals surface area contributed by atoms with Crippen molar-refractivity contribution in [1.82, 2.24) is 9.55 Å². The van der Waals surface area contributed by atoms with Crippen LogP contribution in [0.4, 0.5) is 0 Å². The van der Waals surface area contributed by atoms with Crippen molar-refractivity contribution in [3.05, 3.63) is 30.6 Å². The van der Waals surface area contributed by atoms with Crippen LogP contribution in [0.3, 0.4) is 0 Å². The Morgan fingerprint density at radius 1 is 1.29 bits per heavy atom. The quantitative estimate of drug-likeness (QED) is 0.599. The minimum absolute atomic E-state index is 0.547. The number of para-hydroxylation sites is 2. The smallest absolute Gasteiger partial charge is 0.179 e. The highest BCUT2D eigenvalue weighted by Crippen LogP contribution is 2.12. The molecule has 2 rings (SSSR count). The number of ether oxygens (including phenoxy) is 1. The molecule has 0 saturated carbocycles. The SMILES string of the molecule is C[Si](C)(C)CCOCn1[c]nc2ccccc21. The first-order valence-electron chi connectivity index (χ1n) is 5.97. The molecule has 0 amide bonds. The first-order chi connectivity index (χ1) is 8.06. The Hall–Kier alpha value is -1.13. The van der Waals surface area contributed by atoms with Gasteiger partial charge in [0.2, 0.25) is 0 Å². The molecular weight excluding hydrogens is 228 g/mol. The first kappa shape index (κ1) is 12.3. The van der Waals surface area contributed by atoms with Crippen LogP contribution in [0.5, 0.6) is 0 Å². The van der Waals surface area contributed by atoms with Crippen molar-refractivity contribution in [2.75, 3.05) is 6.61 Å². The van der Waals surface area contributed by atoms with Gasteiger partial charge in [-0.1, -0.05) is 31.8 Å². The van der Waals surface area contributed by atoms with Gasteiger partial charge in [0.15, 0.2) is 6.33 Å². The number of nitrogens with zero attached hydrogens (tertiary/aromatic N) is 2. The molecule has 0 unspecified atom stereocenters. The lowest BCUT2D eigenvalue weighted by Gasteiger charge is -2.15. The van der Waals surface area contributed by atoms with Crippen LogP contribution in [-0.2, 0) is 11.5 Å². The lowest BCUT2D eigenvalue weighted by atomic mass is 10.3. The highest BCUT2D eigenvalue weighted by Gasteiger charge is 2.12. The topological polar surface area (TPSA) is 27.1 Å². The lowest BCUT2D eigenvalue weighted by Crippen LogP contribution is -2.21. The second-order valence-electron chi connectivity index (χ2n) is 5.48. The molecule has 17 heavy (non-hydrogen) atoms. The van der Waals surface area contributed by atoms with Gasteiger partial charge in [-0.05, 0) is 18.2 Å². The summed E-state index contributed by atoms with van der Waals surface area (Å²) in [6.07, 6.45) is 2.96. The maximum atomic E-state index is 5.69. The molecule has 1 radical (unpaired) electrons. The van der Waals surface area contributed by atoms with E-state index in [1.165, 1.54) is 6.04 Å². The van der Waals surface area contributed by atoms with Gasteiger partial charge in [0.25, 0.3) is 0 Å². The number of hydrogen-bond acceptors (Lipinski definition) is 2. The van der Waals surface area contributed by atoms with Crippen LogP contribution in [-0.4, -0.2) is 24.2 Å². The van der Waals surface area contributed by atoms with E-state index in [1.807, 2.05) is 28.8 Å². The van der Waals surface area contributed by atoms with E-state index < -0.39 is 8.07 Å². The average molecular weight is 247 g/mol. The van der Waals surface area contributed by atoms with E-state index >= 15 is 0 Å². The lowest BCUT2D eigenvalue weighted by molar-refractivity contribution is 0.0893. The van der Waals surface area contributed by atoms with Crippen molar-refractivity contribution in [2.45, 2.75) is 32.4 Å². The van der Waals surface area contributed by atoms with Gasteiger partial charge in [0.05, 0.1) is 11.0 Å². The van der Waals surface area contributed by atoms with E-state index in [1.54, 1.807) is 0 Å². The Morgan fingerprint density at radius 2 is 2.06 bits per heavy atom. The first-order valence-corrected chi connectivity index (χ1v) is 9.68. The van der Waals surface area contributed by atoms with E-state index in [-0.39, 0.29) is 0 Å². The molecule has 0 aliphatic heterocycles. The summed E-state index contributed by atoms with van der Waals surface area (Å²) < 4.78 is 7.62. The zero-order chi connectivity index (χ0) is 12.3. The number of rotatable bonds is 5. The minimum Gasteiger partial charge on any atom is -0.361 e. The standard InChI is InChI=1S/C13H19N2OSi/c1-17(2,3)9-8-16-11-15-10-14-12-6-4-5-7-13(12)15/h4-7H,8-9,11H2,1-3H3. The van der Waals surface area contributed by atoms with Gasteiger partial charge in [0, 0.05) is 14.7 Å². The Labute approximate surface area is 103 Å². The highest BCUT2D eigenvalue weighted by atomic mass is 28.3. The highest BCUT2D eigenvalue weighted by molar-refractivity contribution is 6.76. The summed E-state index contributed by atoms with van der Waals surface area (Å²) >= 11 is 0. The van der Waals surface area contributed by atoms with Crippen molar-refractivity contribution in [3.63, 3.8) is 0 Å². The molecule has 0 fully saturated rings. The van der Waals surface area contributed by atoms with E-state index in [0.29, 0.717) is 6.73 Å². The fraction of sp³-hybridized carbons (Fsp3) is 0.462. The number of aromatic nitrogens is 2. The van der Waals surface area contributed by atoms with Gasteiger partial charge in [-0.15, -0.1) is 0 Å². The predicted octanol–water partition coefficient (Wildman–Crippen LogP) is 3.15. The van der Waals surface area contributed by atoms with Gasteiger partial charge in [-0.25, -0.2) is 4.98 Å². The molecule has 2 aromatic rings. The Kier molecular flexibility index (Phi) is 3.64. The Balaban J connectivity index is 1.91. The molecule has 0 saturated heterocycles. The van der Waals surface area contributed by atoms with Crippen molar-refractivity contribution in [3.8, 4) is 0 Å². The third-order valence-corrected chi connectivity index (χ3v) is 4.38. The summed E-state index contributed by atoms with van der Waals surface area (Å²) in [5.74, 6) is 0. The number of fused-ring (bicyclic) bond motifs is 1. The summed E-state index contributed by atoms with van der Waals surface area (Å²) in [6.45, 7) is 8.44. The van der Waals surface area contributed by atoms with Crippen LogP contribution < -0.4 is 0 Å². The monoisotopic (exact) mass is 247 g/mol. The van der Waals surface area contributed by atoms with Crippen molar-refractivity contribution >= 4 is 19.1 Å². The van der Waals surface area contributed by atoms with E-state index in [2.05, 4.69) is 31.0 Å². The average Bonchev–Trinajstić information content (AvgIpc) is 2.67. The van der Waals surface area contributed by atoms with E-state index in [0.717, 1.165) is 17.6 Å². The molecule has 1 aromatic heterocycles. The van der Waals surface area contributed by atoms with Crippen molar-refractivity contribution in [1.29, 1.82) is 0 Å². The molecule has 3 nitrogen and oxygen atoms in total. The Morgan fingerprint density at radius 3 is 2.82 bits per heavy atom. The number of benzene rings is 1. The van der Waals surface area contributed by atoms with Gasteiger partial charge < -0.3 is 4.74 Å². The number of imidazole rings is 1. The Bertz CT molecular complexity index is 487. The van der Waals surface area contributed by atoms with Gasteiger partial charge in [-0.2, -0.15) is 0 Å². The molecule has 0 spiro atoms. The molecule has 0 aliphatic rings. The van der Waals surface area contributed by atoms with Gasteiger partial charge in [0.1, 0.15) is 6.73 Å². The van der Waals surface area contributed by atoms with Crippen molar-refractivity contribution in [2.24, 2.45) is 0 Å². The molecule has 4 heteroatoms. The van der Waals surface area contributed by atoms with Crippen LogP contribution in [0.2, 0.25) is 25.7 Å². The normalized spacial score (nSPS) is 12.2. The van der Waals surface area contributed by atoms with Crippen LogP contribution in [0, 0.1) is 6.33 Å². The van der Waals surface area contributed by atoms with Gasteiger partial charge in [-0.3, -0.25) is 4.57 Å². The van der Waals surface area contributed by atoms with Crippen LogP contribution in [0.25, 0.3) is 11.0 Å². The summed E-state index contributed by atoms with van der Waals surface area (Å²) in [5, 5.41) is 0. The second kappa shape index (κ2) is 5.02. The van der Waals surface area contributed by atoms with Gasteiger partial charge >= 0.3 is 0 Å². The molecule has 1 heterocycles. The third-order valence-electron chi connectivity index (χ3n) is 2.68. The zero-order valence-corrected chi connectivity index (χ0v) is 11.7. The minimum atomic E-state index is -0.993. The van der Waals surface area contributed by atoms with Crippen LogP contribution in [0.15, 0.2) is 24.3 Å². The molecule has 0 atom stereocenters. The van der Waals surface area contributed by atoms with E-state index in [4.69, 9.17) is 4.74 Å². The predicted molar refractivity (Wildman–Crippen MR) is 72.7 cm³/mol. The van der Waals surface area contributed by atoms with Crippen LogP contribution in [0.1, 0.15) is 0 Å². The summed E-state index contributed by atoms with van der Waals surface area (Å²) in [4.78, 5) is 4.21. The zero-order valence-electron chi connectivity index (χ0n) is 10.7. The van der Waals surface area contributed by atoms with E-state index in [9.17, 15) is 0 Å². The maximum absolute atomic E-state index is 5.69. The molecule has 91 valence electrons. The largest absolute Gasteiger partial charge is 0.361 e. The summed E-state index contributed by atoms with van der Waals surface area (Å²) in [7, 11) is -0.993. The molecule has 0 N–H and O–H groups in total. The second-order valence-corrected chi connectivity index (χ2v) is 11.1. The third kappa shape index (κ3) is 3.41. The molecule has 1 aromatic carbocycles. The maximum Gasteiger partial charge on any atom is 0.179 e. The fourth-order valence-corrected chi connectivity index (χ4v) is 2.34.